The maximum absolute atomic E-state index is 11.9. The lowest BCUT2D eigenvalue weighted by Gasteiger charge is -2.08. The molecule has 0 atom stereocenters. The van der Waals surface area contributed by atoms with Crippen molar-refractivity contribution in [1.29, 1.82) is 0 Å². The van der Waals surface area contributed by atoms with Gasteiger partial charge in [0.1, 0.15) is 17.2 Å². The van der Waals surface area contributed by atoms with Gasteiger partial charge in [0.2, 0.25) is 0 Å². The third-order valence-electron chi connectivity index (χ3n) is 2.71. The van der Waals surface area contributed by atoms with E-state index in [1.54, 1.807) is 12.1 Å². The molecule has 0 aliphatic carbocycles. The molecule has 0 saturated heterocycles. The number of hydrogen-bond acceptors (Lipinski definition) is 5. The van der Waals surface area contributed by atoms with E-state index < -0.39 is 5.91 Å². The van der Waals surface area contributed by atoms with Gasteiger partial charge in [-0.25, -0.2) is 0 Å². The van der Waals surface area contributed by atoms with E-state index in [1.807, 2.05) is 0 Å². The number of nitrogens with two attached hydrogens (primary N) is 1. The molecule has 20 heavy (non-hydrogen) atoms. The van der Waals surface area contributed by atoms with Gasteiger partial charge in [-0.1, -0.05) is 0 Å². The molecular formula is C14H14N2O4. The molecule has 104 valence electrons. The van der Waals surface area contributed by atoms with Gasteiger partial charge in [0.15, 0.2) is 0 Å². The Morgan fingerprint density at radius 2 is 1.70 bits per heavy atom. The van der Waals surface area contributed by atoms with E-state index in [1.165, 1.54) is 18.2 Å². The zero-order valence-electron chi connectivity index (χ0n) is 10.5. The van der Waals surface area contributed by atoms with Gasteiger partial charge < -0.3 is 26.4 Å². The number of carbonyl (C=O) groups is 1. The van der Waals surface area contributed by atoms with Crippen LogP contribution < -0.4 is 11.1 Å². The number of amides is 1. The summed E-state index contributed by atoms with van der Waals surface area (Å²) >= 11 is 0. The molecule has 6 N–H and O–H groups in total. The summed E-state index contributed by atoms with van der Waals surface area (Å²) in [6, 6.07) is 8.13. The van der Waals surface area contributed by atoms with Crippen molar-refractivity contribution in [3.8, 4) is 17.2 Å². The Hall–Kier alpha value is -2.89. The lowest BCUT2D eigenvalue weighted by atomic mass is 10.1. The molecule has 0 heterocycles. The lowest BCUT2D eigenvalue weighted by Crippen LogP contribution is -2.22. The van der Waals surface area contributed by atoms with Crippen molar-refractivity contribution in [1.82, 2.24) is 5.32 Å². The fraction of sp³-hybridized carbons (Fsp3) is 0.0714. The van der Waals surface area contributed by atoms with Crippen LogP contribution in [0.1, 0.15) is 15.9 Å². The topological polar surface area (TPSA) is 116 Å². The Bertz CT molecular complexity index is 635. The van der Waals surface area contributed by atoms with Gasteiger partial charge in [-0.2, -0.15) is 0 Å². The minimum Gasteiger partial charge on any atom is -0.508 e. The van der Waals surface area contributed by atoms with E-state index in [0.29, 0.717) is 11.3 Å². The van der Waals surface area contributed by atoms with Gasteiger partial charge in [0.25, 0.3) is 5.91 Å². The first-order chi connectivity index (χ1) is 9.45. The van der Waals surface area contributed by atoms with E-state index in [-0.39, 0.29) is 29.4 Å². The van der Waals surface area contributed by atoms with E-state index >= 15 is 0 Å². The van der Waals surface area contributed by atoms with Crippen molar-refractivity contribution in [2.45, 2.75) is 6.54 Å². The van der Waals surface area contributed by atoms with Crippen molar-refractivity contribution in [2.75, 3.05) is 5.73 Å². The quantitative estimate of drug-likeness (QED) is 0.427. The number of nitrogens with one attached hydrogen (secondary N) is 1. The normalized spacial score (nSPS) is 10.2. The number of nitrogen functional groups attached to an aromatic ring is 1. The SMILES string of the molecule is Nc1ccc(O)c(CNC(=O)c2cc(O)cc(O)c2)c1. The van der Waals surface area contributed by atoms with Crippen LogP contribution in [0.25, 0.3) is 0 Å². The molecule has 0 spiro atoms. The Labute approximate surface area is 115 Å². The summed E-state index contributed by atoms with van der Waals surface area (Å²) < 4.78 is 0. The van der Waals surface area contributed by atoms with E-state index in [9.17, 15) is 20.1 Å². The average molecular weight is 274 g/mol. The molecule has 0 aliphatic heterocycles. The van der Waals surface area contributed by atoms with E-state index in [4.69, 9.17) is 5.73 Å². The highest BCUT2D eigenvalue weighted by Crippen LogP contribution is 2.21. The van der Waals surface area contributed by atoms with Crippen LogP contribution in [0.2, 0.25) is 0 Å². The van der Waals surface area contributed by atoms with Gasteiger partial charge in [-0.3, -0.25) is 4.79 Å². The van der Waals surface area contributed by atoms with Crippen LogP contribution in [0.5, 0.6) is 17.2 Å². The highest BCUT2D eigenvalue weighted by Gasteiger charge is 2.09. The molecule has 2 rings (SSSR count). The molecule has 0 unspecified atom stereocenters. The molecule has 0 fully saturated rings. The van der Waals surface area contributed by atoms with Crippen LogP contribution in [-0.4, -0.2) is 21.2 Å². The summed E-state index contributed by atoms with van der Waals surface area (Å²) in [7, 11) is 0. The van der Waals surface area contributed by atoms with Crippen LogP contribution in [0, 0.1) is 0 Å². The van der Waals surface area contributed by atoms with Crippen LogP contribution in [0.4, 0.5) is 5.69 Å². The number of anilines is 1. The maximum atomic E-state index is 11.9. The summed E-state index contributed by atoms with van der Waals surface area (Å²) in [6.45, 7) is 0.0755. The van der Waals surface area contributed by atoms with Gasteiger partial charge in [-0.05, 0) is 30.3 Å². The first kappa shape index (κ1) is 13.5. The lowest BCUT2D eigenvalue weighted by molar-refractivity contribution is 0.0950. The molecule has 0 saturated carbocycles. The number of hydrogen-bond donors (Lipinski definition) is 5. The predicted octanol–water partition coefficient (Wildman–Crippen LogP) is 1.32. The minimum atomic E-state index is -0.488. The summed E-state index contributed by atoms with van der Waals surface area (Å²) in [4.78, 5) is 11.9. The number of phenols is 3. The Kier molecular flexibility index (Phi) is 3.65. The van der Waals surface area contributed by atoms with Crippen molar-refractivity contribution >= 4 is 11.6 Å². The summed E-state index contributed by atoms with van der Waals surface area (Å²) in [5.41, 5.74) is 6.66. The largest absolute Gasteiger partial charge is 0.508 e. The number of aromatic hydroxyl groups is 3. The van der Waals surface area contributed by atoms with E-state index in [2.05, 4.69) is 5.32 Å². The molecule has 2 aromatic carbocycles. The highest BCUT2D eigenvalue weighted by molar-refractivity contribution is 5.95. The predicted molar refractivity (Wildman–Crippen MR) is 73.5 cm³/mol. The summed E-state index contributed by atoms with van der Waals surface area (Å²) in [5, 5.41) is 30.8. The zero-order valence-corrected chi connectivity index (χ0v) is 10.5. The first-order valence-corrected chi connectivity index (χ1v) is 5.84. The second kappa shape index (κ2) is 5.40. The Balaban J connectivity index is 2.10. The van der Waals surface area contributed by atoms with Crippen LogP contribution in [0.3, 0.4) is 0 Å². The molecule has 0 aromatic heterocycles. The standard InChI is InChI=1S/C14H14N2O4/c15-10-1-2-13(19)9(3-10)7-16-14(20)8-4-11(17)6-12(18)5-8/h1-6,17-19H,7,15H2,(H,16,20). The second-order valence-corrected chi connectivity index (χ2v) is 4.31. The molecule has 6 nitrogen and oxygen atoms in total. The van der Waals surface area contributed by atoms with Crippen molar-refractivity contribution in [3.63, 3.8) is 0 Å². The monoisotopic (exact) mass is 274 g/mol. The maximum Gasteiger partial charge on any atom is 0.251 e. The zero-order chi connectivity index (χ0) is 14.7. The Morgan fingerprint density at radius 3 is 2.35 bits per heavy atom. The fourth-order valence-electron chi connectivity index (χ4n) is 1.75. The first-order valence-electron chi connectivity index (χ1n) is 5.84. The van der Waals surface area contributed by atoms with Crippen molar-refractivity contribution in [2.24, 2.45) is 0 Å². The van der Waals surface area contributed by atoms with Gasteiger partial charge in [0, 0.05) is 29.4 Å². The smallest absolute Gasteiger partial charge is 0.251 e. The molecular weight excluding hydrogens is 260 g/mol. The molecule has 0 radical (unpaired) electrons. The summed E-state index contributed by atoms with van der Waals surface area (Å²) in [6.07, 6.45) is 0. The second-order valence-electron chi connectivity index (χ2n) is 4.31. The molecule has 0 bridgehead atoms. The number of phenolic OH excluding ortho intramolecular Hbond substituents is 3. The van der Waals surface area contributed by atoms with Gasteiger partial charge in [0.05, 0.1) is 0 Å². The highest BCUT2D eigenvalue weighted by atomic mass is 16.3. The number of carbonyl (C=O) groups excluding carboxylic acids is 1. The third-order valence-corrected chi connectivity index (χ3v) is 2.71. The van der Waals surface area contributed by atoms with Gasteiger partial charge >= 0.3 is 0 Å². The Morgan fingerprint density at radius 1 is 1.05 bits per heavy atom. The van der Waals surface area contributed by atoms with Crippen molar-refractivity contribution < 1.29 is 20.1 Å². The van der Waals surface area contributed by atoms with Crippen LogP contribution in [0.15, 0.2) is 36.4 Å². The van der Waals surface area contributed by atoms with Gasteiger partial charge in [-0.15, -0.1) is 0 Å². The molecule has 0 aliphatic rings. The van der Waals surface area contributed by atoms with Crippen molar-refractivity contribution in [3.05, 3.63) is 47.5 Å². The molecule has 6 heteroatoms. The van der Waals surface area contributed by atoms with Crippen LogP contribution >= 0.6 is 0 Å². The summed E-state index contributed by atoms with van der Waals surface area (Å²) in [5.74, 6) is -0.875. The minimum absolute atomic E-state index is 0.0262. The molecule has 1 amide bonds. The fourth-order valence-corrected chi connectivity index (χ4v) is 1.75. The third kappa shape index (κ3) is 3.11. The van der Waals surface area contributed by atoms with E-state index in [0.717, 1.165) is 6.07 Å². The number of benzene rings is 2. The van der Waals surface area contributed by atoms with Crippen LogP contribution in [-0.2, 0) is 6.54 Å². The molecule has 2 aromatic rings. The average Bonchev–Trinajstić information content (AvgIpc) is 2.38. The number of rotatable bonds is 3.